The first kappa shape index (κ1) is 14.5. The minimum atomic E-state index is -0.892. The van der Waals surface area contributed by atoms with Gasteiger partial charge in [0.05, 0.1) is 16.3 Å². The van der Waals surface area contributed by atoms with Gasteiger partial charge in [-0.25, -0.2) is 9.78 Å². The van der Waals surface area contributed by atoms with Crippen molar-refractivity contribution in [1.82, 2.24) is 4.98 Å². The number of nitrogens with zero attached hydrogens (tertiary/aromatic N) is 1. The van der Waals surface area contributed by atoms with Gasteiger partial charge in [0.15, 0.2) is 0 Å². The fourth-order valence-corrected chi connectivity index (χ4v) is 3.18. The molecular formula is C18H15NO2S. The van der Waals surface area contributed by atoms with E-state index >= 15 is 0 Å². The van der Waals surface area contributed by atoms with Crippen LogP contribution in [0.15, 0.2) is 60.0 Å². The van der Waals surface area contributed by atoms with Crippen LogP contribution in [-0.4, -0.2) is 16.1 Å². The Kier molecular flexibility index (Phi) is 4.30. The van der Waals surface area contributed by atoms with Crippen molar-refractivity contribution in [1.29, 1.82) is 0 Å². The van der Waals surface area contributed by atoms with Crippen molar-refractivity contribution in [3.63, 3.8) is 0 Å². The van der Waals surface area contributed by atoms with E-state index in [1.807, 2.05) is 35.7 Å². The smallest absolute Gasteiger partial charge is 0.335 e. The SMILES string of the molecule is O=C(O)c1ccccc1Cc1nc(Cc2ccccc2)cs1. The van der Waals surface area contributed by atoms with E-state index in [-0.39, 0.29) is 0 Å². The monoisotopic (exact) mass is 309 g/mol. The second-order valence-corrected chi connectivity index (χ2v) is 5.98. The molecule has 3 aromatic rings. The summed E-state index contributed by atoms with van der Waals surface area (Å²) in [7, 11) is 0. The molecule has 3 rings (SSSR count). The predicted molar refractivity (Wildman–Crippen MR) is 87.6 cm³/mol. The number of benzene rings is 2. The van der Waals surface area contributed by atoms with Crippen molar-refractivity contribution in [2.24, 2.45) is 0 Å². The molecule has 0 saturated carbocycles. The summed E-state index contributed by atoms with van der Waals surface area (Å²) in [5.41, 5.74) is 3.40. The number of carboxylic acid groups (broad SMARTS) is 1. The first-order chi connectivity index (χ1) is 10.7. The van der Waals surface area contributed by atoms with E-state index in [0.29, 0.717) is 12.0 Å². The van der Waals surface area contributed by atoms with E-state index in [0.717, 1.165) is 22.7 Å². The Morgan fingerprint density at radius 2 is 1.73 bits per heavy atom. The van der Waals surface area contributed by atoms with Gasteiger partial charge in [-0.1, -0.05) is 48.5 Å². The fourth-order valence-electron chi connectivity index (χ4n) is 2.36. The lowest BCUT2D eigenvalue weighted by Crippen LogP contribution is -2.02. The number of rotatable bonds is 5. The van der Waals surface area contributed by atoms with Crippen LogP contribution in [0.5, 0.6) is 0 Å². The molecular weight excluding hydrogens is 294 g/mol. The molecule has 0 aliphatic heterocycles. The molecule has 4 heteroatoms. The lowest BCUT2D eigenvalue weighted by molar-refractivity contribution is 0.0696. The maximum Gasteiger partial charge on any atom is 0.335 e. The van der Waals surface area contributed by atoms with Gasteiger partial charge in [0, 0.05) is 18.2 Å². The fraction of sp³-hybridized carbons (Fsp3) is 0.111. The Balaban J connectivity index is 1.76. The zero-order valence-corrected chi connectivity index (χ0v) is 12.7. The molecule has 0 atom stereocenters. The van der Waals surface area contributed by atoms with E-state index in [4.69, 9.17) is 0 Å². The van der Waals surface area contributed by atoms with Gasteiger partial charge >= 0.3 is 5.97 Å². The van der Waals surface area contributed by atoms with Gasteiger partial charge in [0.1, 0.15) is 0 Å². The van der Waals surface area contributed by atoms with Crippen molar-refractivity contribution in [2.75, 3.05) is 0 Å². The maximum atomic E-state index is 11.2. The Bertz CT molecular complexity index is 781. The summed E-state index contributed by atoms with van der Waals surface area (Å²) in [6.07, 6.45) is 1.36. The third kappa shape index (κ3) is 3.40. The average molecular weight is 309 g/mol. The third-order valence-corrected chi connectivity index (χ3v) is 4.31. The van der Waals surface area contributed by atoms with Gasteiger partial charge < -0.3 is 5.11 Å². The van der Waals surface area contributed by atoms with Crippen molar-refractivity contribution < 1.29 is 9.90 Å². The van der Waals surface area contributed by atoms with Gasteiger partial charge in [-0.3, -0.25) is 0 Å². The summed E-state index contributed by atoms with van der Waals surface area (Å²) >= 11 is 1.58. The Morgan fingerprint density at radius 1 is 1.00 bits per heavy atom. The summed E-state index contributed by atoms with van der Waals surface area (Å²) in [6, 6.07) is 17.3. The van der Waals surface area contributed by atoms with Crippen LogP contribution >= 0.6 is 11.3 Å². The molecule has 0 unspecified atom stereocenters. The molecule has 0 saturated heterocycles. The minimum absolute atomic E-state index is 0.349. The summed E-state index contributed by atoms with van der Waals surface area (Å²) in [6.45, 7) is 0. The van der Waals surface area contributed by atoms with Gasteiger partial charge in [-0.15, -0.1) is 11.3 Å². The largest absolute Gasteiger partial charge is 0.478 e. The number of hydrogen-bond acceptors (Lipinski definition) is 3. The van der Waals surface area contributed by atoms with Gasteiger partial charge in [-0.2, -0.15) is 0 Å². The number of aromatic nitrogens is 1. The standard InChI is InChI=1S/C18H15NO2S/c20-18(21)16-9-5-4-8-14(16)11-17-19-15(12-22-17)10-13-6-2-1-3-7-13/h1-9,12H,10-11H2,(H,20,21). The van der Waals surface area contributed by atoms with Crippen molar-refractivity contribution in [3.8, 4) is 0 Å². The number of thiazole rings is 1. The highest BCUT2D eigenvalue weighted by Gasteiger charge is 2.11. The van der Waals surface area contributed by atoms with E-state index in [9.17, 15) is 9.90 Å². The Morgan fingerprint density at radius 3 is 2.50 bits per heavy atom. The van der Waals surface area contributed by atoms with Crippen LogP contribution in [0.2, 0.25) is 0 Å². The molecule has 3 nitrogen and oxygen atoms in total. The number of carbonyl (C=O) groups is 1. The first-order valence-electron chi connectivity index (χ1n) is 7.01. The highest BCUT2D eigenvalue weighted by molar-refractivity contribution is 7.09. The number of hydrogen-bond donors (Lipinski definition) is 1. The van der Waals surface area contributed by atoms with Gasteiger partial charge in [0.25, 0.3) is 0 Å². The van der Waals surface area contributed by atoms with Crippen LogP contribution in [0.3, 0.4) is 0 Å². The maximum absolute atomic E-state index is 11.2. The molecule has 0 bridgehead atoms. The lowest BCUT2D eigenvalue weighted by Gasteiger charge is -2.03. The highest BCUT2D eigenvalue weighted by Crippen LogP contribution is 2.19. The molecule has 0 aliphatic carbocycles. The molecule has 0 spiro atoms. The van der Waals surface area contributed by atoms with Crippen LogP contribution in [0.4, 0.5) is 0 Å². The van der Waals surface area contributed by atoms with E-state index in [1.165, 1.54) is 5.56 Å². The molecule has 1 aromatic heterocycles. The molecule has 2 aromatic carbocycles. The van der Waals surface area contributed by atoms with E-state index in [1.54, 1.807) is 23.5 Å². The zero-order chi connectivity index (χ0) is 15.4. The predicted octanol–water partition coefficient (Wildman–Crippen LogP) is 4.02. The average Bonchev–Trinajstić information content (AvgIpc) is 2.96. The molecule has 0 fully saturated rings. The lowest BCUT2D eigenvalue weighted by atomic mass is 10.1. The summed E-state index contributed by atoms with van der Waals surface area (Å²) in [5, 5.41) is 12.2. The van der Waals surface area contributed by atoms with Crippen LogP contribution in [0.25, 0.3) is 0 Å². The molecule has 0 amide bonds. The summed E-state index contributed by atoms with van der Waals surface area (Å²) in [5.74, 6) is -0.892. The first-order valence-corrected chi connectivity index (χ1v) is 7.89. The Hall–Kier alpha value is -2.46. The van der Waals surface area contributed by atoms with Crippen molar-refractivity contribution in [3.05, 3.63) is 87.4 Å². The second-order valence-electron chi connectivity index (χ2n) is 5.03. The molecule has 0 radical (unpaired) electrons. The molecule has 1 heterocycles. The molecule has 22 heavy (non-hydrogen) atoms. The third-order valence-electron chi connectivity index (χ3n) is 3.42. The van der Waals surface area contributed by atoms with Crippen LogP contribution in [0, 0.1) is 0 Å². The quantitative estimate of drug-likeness (QED) is 0.774. The van der Waals surface area contributed by atoms with Crippen LogP contribution in [-0.2, 0) is 12.8 Å². The molecule has 110 valence electrons. The number of carboxylic acids is 1. The Labute approximate surface area is 132 Å². The van der Waals surface area contributed by atoms with E-state index in [2.05, 4.69) is 17.1 Å². The number of aromatic carboxylic acids is 1. The topological polar surface area (TPSA) is 50.2 Å². The minimum Gasteiger partial charge on any atom is -0.478 e. The van der Waals surface area contributed by atoms with Gasteiger partial charge in [0.2, 0.25) is 0 Å². The zero-order valence-electron chi connectivity index (χ0n) is 11.9. The summed E-state index contributed by atoms with van der Waals surface area (Å²) in [4.78, 5) is 15.9. The van der Waals surface area contributed by atoms with Crippen molar-refractivity contribution in [2.45, 2.75) is 12.8 Å². The second kappa shape index (κ2) is 6.54. The van der Waals surface area contributed by atoms with Crippen molar-refractivity contribution >= 4 is 17.3 Å². The molecule has 1 N–H and O–H groups in total. The summed E-state index contributed by atoms with van der Waals surface area (Å²) < 4.78 is 0. The molecule has 0 aliphatic rings. The van der Waals surface area contributed by atoms with Crippen LogP contribution in [0.1, 0.15) is 32.2 Å². The van der Waals surface area contributed by atoms with E-state index < -0.39 is 5.97 Å². The highest BCUT2D eigenvalue weighted by atomic mass is 32.1. The van der Waals surface area contributed by atoms with Crippen LogP contribution < -0.4 is 0 Å². The normalized spacial score (nSPS) is 10.5. The van der Waals surface area contributed by atoms with Gasteiger partial charge in [-0.05, 0) is 17.2 Å².